The molecule has 138 valence electrons. The molecule has 0 unspecified atom stereocenters. The van der Waals surface area contributed by atoms with Crippen molar-refractivity contribution in [1.82, 2.24) is 10.9 Å². The molecule has 2 aliphatic carbocycles. The van der Waals surface area contributed by atoms with E-state index in [0.717, 1.165) is 51.4 Å². The number of hydrogen-bond donors (Lipinski definition) is 4. The fourth-order valence-electron chi connectivity index (χ4n) is 2.38. The van der Waals surface area contributed by atoms with E-state index in [2.05, 4.69) is 11.7 Å². The first kappa shape index (κ1) is 22.2. The lowest BCUT2D eigenvalue weighted by Gasteiger charge is -1.93. The number of carbonyl (C=O) groups is 4. The van der Waals surface area contributed by atoms with E-state index in [-0.39, 0.29) is 0 Å². The summed E-state index contributed by atoms with van der Waals surface area (Å²) in [6.07, 6.45) is 13.0. The van der Waals surface area contributed by atoms with Gasteiger partial charge in [0.1, 0.15) is 11.6 Å². The highest BCUT2D eigenvalue weighted by Gasteiger charge is 2.07. The molecule has 6 N–H and O–H groups in total. The first-order valence-electron chi connectivity index (χ1n) is 8.56. The van der Waals surface area contributed by atoms with E-state index >= 15 is 0 Å². The second-order valence-corrected chi connectivity index (χ2v) is 5.85. The summed E-state index contributed by atoms with van der Waals surface area (Å²) in [5, 5.41) is 0. The average Bonchev–Trinajstić information content (AvgIpc) is 2.98. The van der Waals surface area contributed by atoms with Crippen molar-refractivity contribution in [2.24, 2.45) is 11.7 Å². The van der Waals surface area contributed by atoms with Crippen LogP contribution < -0.4 is 22.5 Å². The van der Waals surface area contributed by atoms with Crippen molar-refractivity contribution in [2.45, 2.75) is 77.0 Å². The van der Waals surface area contributed by atoms with Crippen LogP contribution in [0.1, 0.15) is 77.0 Å². The zero-order chi connectivity index (χ0) is 18.2. The third-order valence-electron chi connectivity index (χ3n) is 3.79. The Kier molecular flexibility index (Phi) is 13.7. The molecule has 0 aromatic rings. The smallest absolute Gasteiger partial charge is 0.300 e. The summed E-state index contributed by atoms with van der Waals surface area (Å²) in [6, 6.07) is 0. The van der Waals surface area contributed by atoms with E-state index in [4.69, 9.17) is 0 Å². The minimum atomic E-state index is -0.965. The SMILES string of the molecule is NNC(=O)C(=O)NN.O=C1CCCCCC1.O=C1CCCCCC1. The molecule has 2 saturated carbocycles. The van der Waals surface area contributed by atoms with Crippen molar-refractivity contribution >= 4 is 23.4 Å². The van der Waals surface area contributed by atoms with Gasteiger partial charge in [0.15, 0.2) is 0 Å². The summed E-state index contributed by atoms with van der Waals surface area (Å²) in [6.45, 7) is 0. The number of hydrogen-bond acceptors (Lipinski definition) is 6. The average molecular weight is 342 g/mol. The number of nitrogens with two attached hydrogens (primary N) is 2. The summed E-state index contributed by atoms with van der Waals surface area (Å²) in [4.78, 5) is 41.4. The van der Waals surface area contributed by atoms with Crippen molar-refractivity contribution in [3.05, 3.63) is 0 Å². The fraction of sp³-hybridized carbons (Fsp3) is 0.750. The predicted molar refractivity (Wildman–Crippen MR) is 90.1 cm³/mol. The van der Waals surface area contributed by atoms with Crippen LogP contribution in [-0.2, 0) is 19.2 Å². The molecule has 0 radical (unpaired) electrons. The molecule has 0 atom stereocenters. The van der Waals surface area contributed by atoms with Gasteiger partial charge in [-0.1, -0.05) is 25.7 Å². The lowest BCUT2D eigenvalue weighted by atomic mass is 10.2. The van der Waals surface area contributed by atoms with E-state index < -0.39 is 11.8 Å². The topological polar surface area (TPSA) is 144 Å². The van der Waals surface area contributed by atoms with Gasteiger partial charge in [0, 0.05) is 25.7 Å². The van der Waals surface area contributed by atoms with E-state index in [9.17, 15) is 19.2 Å². The largest absolute Gasteiger partial charge is 0.324 e. The molecule has 2 aliphatic rings. The highest BCUT2D eigenvalue weighted by Crippen LogP contribution is 2.13. The standard InChI is InChI=1S/2C7H12O.C2H6N4O2/c2*8-7-5-3-1-2-4-6-7;3-5-1(7)2(8)6-4/h2*1-6H2;3-4H2,(H,5,7)(H,6,8). The number of carbonyl (C=O) groups excluding carboxylic acids is 4. The molecule has 8 heteroatoms. The lowest BCUT2D eigenvalue weighted by Crippen LogP contribution is -2.45. The quantitative estimate of drug-likeness (QED) is 0.168. The summed E-state index contributed by atoms with van der Waals surface area (Å²) in [7, 11) is 0. The Morgan fingerprint density at radius 3 is 1.04 bits per heavy atom. The van der Waals surface area contributed by atoms with Crippen molar-refractivity contribution in [2.75, 3.05) is 0 Å². The van der Waals surface area contributed by atoms with Gasteiger partial charge in [-0.15, -0.1) is 0 Å². The van der Waals surface area contributed by atoms with Gasteiger partial charge in [0.05, 0.1) is 0 Å². The molecule has 24 heavy (non-hydrogen) atoms. The number of amides is 2. The van der Waals surface area contributed by atoms with Gasteiger partial charge < -0.3 is 0 Å². The van der Waals surface area contributed by atoms with Crippen LogP contribution in [-0.4, -0.2) is 23.4 Å². The number of rotatable bonds is 0. The van der Waals surface area contributed by atoms with Crippen LogP contribution in [0.15, 0.2) is 0 Å². The van der Waals surface area contributed by atoms with Crippen LogP contribution in [0.4, 0.5) is 0 Å². The molecule has 0 aliphatic heterocycles. The maximum absolute atomic E-state index is 10.7. The molecular weight excluding hydrogens is 312 g/mol. The molecule has 0 aromatic carbocycles. The van der Waals surface area contributed by atoms with Gasteiger partial charge in [-0.25, -0.2) is 11.7 Å². The molecule has 0 heterocycles. The van der Waals surface area contributed by atoms with Crippen LogP contribution in [0.3, 0.4) is 0 Å². The van der Waals surface area contributed by atoms with Crippen molar-refractivity contribution in [1.29, 1.82) is 0 Å². The van der Waals surface area contributed by atoms with Crippen molar-refractivity contribution < 1.29 is 19.2 Å². The summed E-state index contributed by atoms with van der Waals surface area (Å²) in [5.74, 6) is 8.08. The Hall–Kier alpha value is -1.80. The second kappa shape index (κ2) is 14.8. The Balaban J connectivity index is 0.000000331. The summed E-state index contributed by atoms with van der Waals surface area (Å²) < 4.78 is 0. The Labute approximate surface area is 143 Å². The Bertz CT molecular complexity index is 355. The molecular formula is C16H30N4O4. The van der Waals surface area contributed by atoms with Crippen LogP contribution >= 0.6 is 0 Å². The monoisotopic (exact) mass is 342 g/mol. The van der Waals surface area contributed by atoms with E-state index in [1.807, 2.05) is 0 Å². The van der Waals surface area contributed by atoms with Crippen LogP contribution in [0.5, 0.6) is 0 Å². The number of Topliss-reactive ketones (excluding diaryl/α,β-unsaturated/α-hetero) is 2. The summed E-state index contributed by atoms with van der Waals surface area (Å²) in [5.41, 5.74) is 3.17. The van der Waals surface area contributed by atoms with Crippen LogP contribution in [0, 0.1) is 0 Å². The molecule has 2 rings (SSSR count). The second-order valence-electron chi connectivity index (χ2n) is 5.85. The molecule has 0 aromatic heterocycles. The van der Waals surface area contributed by atoms with Gasteiger partial charge in [0.25, 0.3) is 0 Å². The third kappa shape index (κ3) is 12.7. The van der Waals surface area contributed by atoms with Gasteiger partial charge in [-0.3, -0.25) is 30.0 Å². The number of nitrogens with one attached hydrogen (secondary N) is 2. The zero-order valence-electron chi connectivity index (χ0n) is 14.3. The summed E-state index contributed by atoms with van der Waals surface area (Å²) >= 11 is 0. The third-order valence-corrected chi connectivity index (χ3v) is 3.79. The van der Waals surface area contributed by atoms with E-state index in [1.54, 1.807) is 10.9 Å². The Morgan fingerprint density at radius 1 is 0.583 bits per heavy atom. The van der Waals surface area contributed by atoms with Crippen LogP contribution in [0.2, 0.25) is 0 Å². The lowest BCUT2D eigenvalue weighted by molar-refractivity contribution is -0.139. The van der Waals surface area contributed by atoms with Gasteiger partial charge in [0.2, 0.25) is 0 Å². The van der Waals surface area contributed by atoms with E-state index in [0.29, 0.717) is 11.6 Å². The minimum absolute atomic E-state index is 0.475. The zero-order valence-corrected chi connectivity index (χ0v) is 14.3. The maximum Gasteiger partial charge on any atom is 0.324 e. The van der Waals surface area contributed by atoms with Gasteiger partial charge >= 0.3 is 11.8 Å². The van der Waals surface area contributed by atoms with E-state index in [1.165, 1.54) is 25.7 Å². The molecule has 0 bridgehead atoms. The minimum Gasteiger partial charge on any atom is -0.300 e. The normalized spacial score (nSPS) is 17.8. The molecule has 0 spiro atoms. The maximum atomic E-state index is 10.7. The van der Waals surface area contributed by atoms with Gasteiger partial charge in [-0.05, 0) is 25.7 Å². The first-order valence-corrected chi connectivity index (χ1v) is 8.56. The highest BCUT2D eigenvalue weighted by atomic mass is 16.2. The van der Waals surface area contributed by atoms with Crippen LogP contribution in [0.25, 0.3) is 0 Å². The predicted octanol–water partition coefficient (Wildman–Crippen LogP) is 0.786. The Morgan fingerprint density at radius 2 is 0.833 bits per heavy atom. The molecule has 0 saturated heterocycles. The first-order chi connectivity index (χ1) is 11.5. The van der Waals surface area contributed by atoms with Gasteiger partial charge in [-0.2, -0.15) is 0 Å². The molecule has 2 amide bonds. The van der Waals surface area contributed by atoms with Crippen molar-refractivity contribution in [3.8, 4) is 0 Å². The fourth-order valence-corrected chi connectivity index (χ4v) is 2.38. The molecule has 8 nitrogen and oxygen atoms in total. The number of ketones is 2. The van der Waals surface area contributed by atoms with Crippen molar-refractivity contribution in [3.63, 3.8) is 0 Å². The molecule has 2 fully saturated rings. The number of hydrazine groups is 2. The highest BCUT2D eigenvalue weighted by molar-refractivity contribution is 6.34.